The van der Waals surface area contributed by atoms with E-state index in [1.54, 1.807) is 13.8 Å². The Bertz CT molecular complexity index is 291. The van der Waals surface area contributed by atoms with Gasteiger partial charge in [0, 0.05) is 0 Å². The maximum absolute atomic E-state index is 11.2. The SMILES string of the molecule is COC(=O)[C@@](C)(N)CC/C=C\CN=C(C)N.Cl.Cl.O. The molecule has 8 heteroatoms. The lowest BCUT2D eigenvalue weighted by Crippen LogP contribution is -2.45. The van der Waals surface area contributed by atoms with Crippen LogP contribution in [0, 0.1) is 0 Å². The van der Waals surface area contributed by atoms with E-state index < -0.39 is 11.5 Å². The van der Waals surface area contributed by atoms with Crippen LogP contribution in [-0.4, -0.2) is 36.5 Å². The fourth-order valence-corrected chi connectivity index (χ4v) is 1.11. The van der Waals surface area contributed by atoms with Gasteiger partial charge < -0.3 is 21.7 Å². The first kappa shape index (κ1) is 26.7. The van der Waals surface area contributed by atoms with Gasteiger partial charge in [-0.1, -0.05) is 12.2 Å². The Morgan fingerprint density at radius 2 is 1.89 bits per heavy atom. The Morgan fingerprint density at radius 3 is 2.32 bits per heavy atom. The van der Waals surface area contributed by atoms with Crippen molar-refractivity contribution >= 4 is 36.6 Å². The van der Waals surface area contributed by atoms with Gasteiger partial charge in [0.2, 0.25) is 0 Å². The fourth-order valence-electron chi connectivity index (χ4n) is 1.11. The third-order valence-corrected chi connectivity index (χ3v) is 2.09. The van der Waals surface area contributed by atoms with Crippen molar-refractivity contribution in [3.63, 3.8) is 0 Å². The molecule has 0 radical (unpaired) electrons. The van der Waals surface area contributed by atoms with Gasteiger partial charge in [0.15, 0.2) is 0 Å². The van der Waals surface area contributed by atoms with Crippen LogP contribution in [0.4, 0.5) is 0 Å². The third kappa shape index (κ3) is 13.4. The van der Waals surface area contributed by atoms with Crippen LogP contribution in [0.3, 0.4) is 0 Å². The summed E-state index contributed by atoms with van der Waals surface area (Å²) in [5.74, 6) is 0.166. The van der Waals surface area contributed by atoms with Crippen molar-refractivity contribution in [2.75, 3.05) is 13.7 Å². The minimum absolute atomic E-state index is 0. The molecule has 0 rings (SSSR count). The molecule has 0 heterocycles. The Labute approximate surface area is 126 Å². The summed E-state index contributed by atoms with van der Waals surface area (Å²) in [4.78, 5) is 15.2. The molecule has 0 aromatic rings. The normalized spacial score (nSPS) is 13.6. The number of allylic oxidation sites excluding steroid dienone is 1. The first-order valence-corrected chi connectivity index (χ1v) is 5.19. The molecule has 0 fully saturated rings. The lowest BCUT2D eigenvalue weighted by atomic mass is 9.97. The summed E-state index contributed by atoms with van der Waals surface area (Å²) in [6.45, 7) is 3.96. The summed E-state index contributed by atoms with van der Waals surface area (Å²) >= 11 is 0. The molecule has 116 valence electrons. The van der Waals surface area contributed by atoms with Gasteiger partial charge in [0.25, 0.3) is 0 Å². The van der Waals surface area contributed by atoms with Crippen molar-refractivity contribution in [1.29, 1.82) is 0 Å². The molecule has 0 unspecified atom stereocenters. The van der Waals surface area contributed by atoms with Crippen LogP contribution in [0.5, 0.6) is 0 Å². The average molecular weight is 318 g/mol. The van der Waals surface area contributed by atoms with Crippen LogP contribution in [-0.2, 0) is 9.53 Å². The number of hydrogen-bond acceptors (Lipinski definition) is 4. The smallest absolute Gasteiger partial charge is 0.325 e. The second kappa shape index (κ2) is 13.6. The Morgan fingerprint density at radius 1 is 1.37 bits per heavy atom. The van der Waals surface area contributed by atoms with E-state index in [2.05, 4.69) is 9.73 Å². The molecule has 6 nitrogen and oxygen atoms in total. The number of carbonyl (C=O) groups is 1. The predicted molar refractivity (Wildman–Crippen MR) is 83.3 cm³/mol. The molecule has 0 aliphatic carbocycles. The molecular formula is C11H25Cl2N3O3. The first-order chi connectivity index (χ1) is 7.40. The lowest BCUT2D eigenvalue weighted by molar-refractivity contribution is -0.146. The minimum atomic E-state index is -0.924. The van der Waals surface area contributed by atoms with Crippen LogP contribution in [0.15, 0.2) is 17.1 Å². The average Bonchev–Trinajstić information content (AvgIpc) is 2.21. The van der Waals surface area contributed by atoms with Crippen molar-refractivity contribution in [2.24, 2.45) is 16.5 Å². The van der Waals surface area contributed by atoms with Crippen molar-refractivity contribution in [3.8, 4) is 0 Å². The van der Waals surface area contributed by atoms with Crippen LogP contribution in [0.25, 0.3) is 0 Å². The molecule has 19 heavy (non-hydrogen) atoms. The summed E-state index contributed by atoms with van der Waals surface area (Å²) in [6.07, 6.45) is 5.08. The summed E-state index contributed by atoms with van der Waals surface area (Å²) in [5, 5.41) is 0. The number of amidine groups is 1. The summed E-state index contributed by atoms with van der Waals surface area (Å²) in [6, 6.07) is 0. The third-order valence-electron chi connectivity index (χ3n) is 2.09. The highest BCUT2D eigenvalue weighted by Gasteiger charge is 2.27. The Balaban J connectivity index is -0.000000375. The maximum atomic E-state index is 11.2. The van der Waals surface area contributed by atoms with Gasteiger partial charge in [-0.2, -0.15) is 0 Å². The number of hydrogen-bond donors (Lipinski definition) is 2. The minimum Gasteiger partial charge on any atom is -0.468 e. The Hall–Kier alpha value is -0.820. The van der Waals surface area contributed by atoms with Crippen molar-refractivity contribution in [1.82, 2.24) is 0 Å². The molecule has 0 aliphatic heterocycles. The molecular weight excluding hydrogens is 293 g/mol. The zero-order valence-electron chi connectivity index (χ0n) is 11.5. The van der Waals surface area contributed by atoms with E-state index in [-0.39, 0.29) is 30.3 Å². The molecule has 0 saturated heterocycles. The van der Waals surface area contributed by atoms with Gasteiger partial charge in [-0.05, 0) is 26.7 Å². The number of ether oxygens (including phenoxy) is 1. The number of nitrogens with zero attached hydrogens (tertiary/aromatic N) is 1. The highest BCUT2D eigenvalue weighted by atomic mass is 35.5. The van der Waals surface area contributed by atoms with Gasteiger partial charge in [-0.3, -0.25) is 9.79 Å². The highest BCUT2D eigenvalue weighted by molar-refractivity contribution is 5.85. The van der Waals surface area contributed by atoms with Crippen LogP contribution < -0.4 is 11.5 Å². The zero-order chi connectivity index (χ0) is 12.6. The molecule has 0 saturated carbocycles. The number of methoxy groups -OCH3 is 1. The summed E-state index contributed by atoms with van der Waals surface area (Å²) < 4.78 is 4.60. The molecule has 0 aromatic carbocycles. The number of aliphatic imine (C=N–C) groups is 1. The van der Waals surface area contributed by atoms with Crippen molar-refractivity contribution < 1.29 is 15.0 Å². The number of carbonyl (C=O) groups excluding carboxylic acids is 1. The number of nitrogens with two attached hydrogens (primary N) is 2. The van der Waals surface area contributed by atoms with E-state index in [1.165, 1.54) is 7.11 Å². The maximum Gasteiger partial charge on any atom is 0.325 e. The van der Waals surface area contributed by atoms with Gasteiger partial charge in [-0.25, -0.2) is 0 Å². The zero-order valence-corrected chi connectivity index (χ0v) is 13.1. The van der Waals surface area contributed by atoms with E-state index in [9.17, 15) is 4.79 Å². The van der Waals surface area contributed by atoms with Crippen LogP contribution in [0.1, 0.15) is 26.7 Å². The highest BCUT2D eigenvalue weighted by Crippen LogP contribution is 2.10. The van der Waals surface area contributed by atoms with Gasteiger partial charge in [0.05, 0.1) is 19.5 Å². The molecule has 0 aliphatic rings. The molecule has 1 atom stereocenters. The monoisotopic (exact) mass is 317 g/mol. The van der Waals surface area contributed by atoms with Crippen LogP contribution in [0.2, 0.25) is 0 Å². The fraction of sp³-hybridized carbons (Fsp3) is 0.636. The van der Waals surface area contributed by atoms with Crippen LogP contribution >= 0.6 is 24.8 Å². The second-order valence-corrected chi connectivity index (χ2v) is 3.90. The van der Waals surface area contributed by atoms with Crippen molar-refractivity contribution in [2.45, 2.75) is 32.2 Å². The molecule has 0 amide bonds. The topological polar surface area (TPSA) is 122 Å². The standard InChI is InChI=1S/C11H21N3O2.2ClH.H2O/c1-9(12)14-8-6-4-5-7-11(2,13)10(15)16-3;;;/h4,6H,5,7-8,13H2,1-3H3,(H2,12,14);2*1H;1H2/b6-4-;;;/t11-;;;/m0.../s1. The molecule has 0 aromatic heterocycles. The molecule has 0 bridgehead atoms. The van der Waals surface area contributed by atoms with Gasteiger partial charge in [0.1, 0.15) is 5.54 Å². The number of esters is 1. The number of rotatable bonds is 6. The Kier molecular flexibility index (Phi) is 19.1. The predicted octanol–water partition coefficient (Wildman–Crippen LogP) is 0.609. The van der Waals surface area contributed by atoms with E-state index >= 15 is 0 Å². The molecule has 0 spiro atoms. The van der Waals surface area contributed by atoms with Crippen molar-refractivity contribution in [3.05, 3.63) is 12.2 Å². The van der Waals surface area contributed by atoms with E-state index in [4.69, 9.17) is 11.5 Å². The number of halogens is 2. The van der Waals surface area contributed by atoms with E-state index in [1.807, 2.05) is 12.2 Å². The largest absolute Gasteiger partial charge is 0.468 e. The van der Waals surface area contributed by atoms with Gasteiger partial charge in [-0.15, -0.1) is 24.8 Å². The van der Waals surface area contributed by atoms with Gasteiger partial charge >= 0.3 is 5.97 Å². The van der Waals surface area contributed by atoms with E-state index in [0.29, 0.717) is 25.2 Å². The van der Waals surface area contributed by atoms with E-state index in [0.717, 1.165) is 0 Å². The second-order valence-electron chi connectivity index (χ2n) is 3.90. The molecule has 6 N–H and O–H groups in total. The first-order valence-electron chi connectivity index (χ1n) is 5.19. The quantitative estimate of drug-likeness (QED) is 0.322. The lowest BCUT2D eigenvalue weighted by Gasteiger charge is -2.20. The summed E-state index contributed by atoms with van der Waals surface area (Å²) in [5.41, 5.74) is 10.2. The summed E-state index contributed by atoms with van der Waals surface area (Å²) in [7, 11) is 1.34.